The normalized spacial score (nSPS) is 11.1. The Morgan fingerprint density at radius 3 is 2.55 bits per heavy atom. The van der Waals surface area contributed by atoms with E-state index < -0.39 is 16.0 Å². The van der Waals surface area contributed by atoms with Crippen LogP contribution in [0, 0.1) is 0 Å². The summed E-state index contributed by atoms with van der Waals surface area (Å²) in [6.45, 7) is -0.102. The van der Waals surface area contributed by atoms with Crippen molar-refractivity contribution in [2.75, 3.05) is 7.11 Å². The highest BCUT2D eigenvalue weighted by molar-refractivity contribution is 7.89. The van der Waals surface area contributed by atoms with Crippen molar-refractivity contribution in [3.8, 4) is 5.75 Å². The van der Waals surface area contributed by atoms with Crippen molar-refractivity contribution in [1.29, 1.82) is 0 Å². The molecule has 0 aliphatic heterocycles. The molecule has 0 aliphatic carbocycles. The molecule has 22 heavy (non-hydrogen) atoms. The molecule has 1 aromatic heterocycles. The first-order valence-electron chi connectivity index (χ1n) is 6.24. The van der Waals surface area contributed by atoms with Crippen LogP contribution in [0.1, 0.15) is 16.1 Å². The third kappa shape index (κ3) is 3.80. The number of nitrogens with zero attached hydrogens (tertiary/aromatic N) is 1. The lowest BCUT2D eigenvalue weighted by molar-refractivity contribution is 0.0696. The van der Waals surface area contributed by atoms with Gasteiger partial charge in [-0.25, -0.2) is 17.9 Å². The fourth-order valence-corrected chi connectivity index (χ4v) is 2.71. The molecule has 2 aromatic rings. The largest absolute Gasteiger partial charge is 0.497 e. The number of hydrogen-bond donors (Lipinski definition) is 2. The number of carboxylic acids is 1. The Morgan fingerprint density at radius 1 is 1.27 bits per heavy atom. The van der Waals surface area contributed by atoms with Crippen LogP contribution in [0.15, 0.2) is 47.5 Å². The first kappa shape index (κ1) is 15.9. The molecule has 0 fully saturated rings. The molecular weight excluding hydrogens is 308 g/mol. The topological polar surface area (TPSA) is 106 Å². The number of carbonyl (C=O) groups is 1. The fraction of sp³-hybridized carbons (Fsp3) is 0.143. The lowest BCUT2D eigenvalue weighted by atomic mass is 10.2. The average molecular weight is 322 g/mol. The van der Waals surface area contributed by atoms with Crippen molar-refractivity contribution in [3.63, 3.8) is 0 Å². The zero-order chi connectivity index (χ0) is 16.2. The van der Waals surface area contributed by atoms with E-state index in [1.165, 1.54) is 49.7 Å². The van der Waals surface area contributed by atoms with Crippen LogP contribution in [-0.4, -0.2) is 31.6 Å². The van der Waals surface area contributed by atoms with E-state index in [9.17, 15) is 13.2 Å². The molecule has 2 N–H and O–H groups in total. The number of benzene rings is 1. The number of nitrogens with one attached hydrogen (secondary N) is 1. The fourth-order valence-electron chi connectivity index (χ4n) is 1.72. The van der Waals surface area contributed by atoms with Crippen LogP contribution < -0.4 is 9.46 Å². The molecule has 1 heterocycles. The Kier molecular flexibility index (Phi) is 4.74. The Balaban J connectivity index is 2.12. The highest BCUT2D eigenvalue weighted by Gasteiger charge is 2.14. The van der Waals surface area contributed by atoms with Crippen molar-refractivity contribution < 1.29 is 23.1 Å². The smallest absolute Gasteiger partial charge is 0.335 e. The molecule has 0 bridgehead atoms. The van der Waals surface area contributed by atoms with Gasteiger partial charge < -0.3 is 9.84 Å². The Hall–Kier alpha value is -2.45. The summed E-state index contributed by atoms with van der Waals surface area (Å²) in [5.74, 6) is -0.545. The van der Waals surface area contributed by atoms with Crippen molar-refractivity contribution in [2.24, 2.45) is 0 Å². The van der Waals surface area contributed by atoms with E-state index in [1.54, 1.807) is 0 Å². The Labute approximate surface area is 127 Å². The molecule has 0 saturated carbocycles. The van der Waals surface area contributed by atoms with Gasteiger partial charge in [-0.3, -0.25) is 4.98 Å². The molecule has 8 heteroatoms. The van der Waals surface area contributed by atoms with E-state index >= 15 is 0 Å². The SMILES string of the molecule is COc1ccc(S(=O)(=O)NCc2cc(C(=O)O)ccn2)cc1. The van der Waals surface area contributed by atoms with Crippen molar-refractivity contribution in [2.45, 2.75) is 11.4 Å². The third-order valence-electron chi connectivity index (χ3n) is 2.88. The summed E-state index contributed by atoms with van der Waals surface area (Å²) in [5, 5.41) is 8.89. The molecule has 0 unspecified atom stereocenters. The third-order valence-corrected chi connectivity index (χ3v) is 4.29. The number of methoxy groups -OCH3 is 1. The van der Waals surface area contributed by atoms with Crippen LogP contribution in [0.25, 0.3) is 0 Å². The summed E-state index contributed by atoms with van der Waals surface area (Å²) in [7, 11) is -2.22. The van der Waals surface area contributed by atoms with Gasteiger partial charge in [0, 0.05) is 6.20 Å². The van der Waals surface area contributed by atoms with Gasteiger partial charge in [-0.2, -0.15) is 0 Å². The maximum atomic E-state index is 12.1. The van der Waals surface area contributed by atoms with Crippen molar-refractivity contribution in [1.82, 2.24) is 9.71 Å². The molecule has 0 amide bonds. The second-order valence-corrected chi connectivity index (χ2v) is 6.11. The second-order valence-electron chi connectivity index (χ2n) is 4.34. The quantitative estimate of drug-likeness (QED) is 0.829. The maximum absolute atomic E-state index is 12.1. The van der Waals surface area contributed by atoms with E-state index in [0.717, 1.165) is 0 Å². The Morgan fingerprint density at radius 2 is 1.95 bits per heavy atom. The predicted octanol–water partition coefficient (Wildman–Crippen LogP) is 1.27. The summed E-state index contributed by atoms with van der Waals surface area (Å²) in [5.41, 5.74) is 0.366. The van der Waals surface area contributed by atoms with Gasteiger partial charge in [0.2, 0.25) is 10.0 Å². The molecule has 7 nitrogen and oxygen atoms in total. The number of rotatable bonds is 6. The molecule has 0 spiro atoms. The molecule has 2 rings (SSSR count). The minimum atomic E-state index is -3.71. The first-order chi connectivity index (χ1) is 10.4. The van der Waals surface area contributed by atoms with E-state index in [1.807, 2.05) is 0 Å². The van der Waals surface area contributed by atoms with Crippen LogP contribution >= 0.6 is 0 Å². The minimum Gasteiger partial charge on any atom is -0.497 e. The molecular formula is C14H14N2O5S. The minimum absolute atomic E-state index is 0.0497. The predicted molar refractivity (Wildman–Crippen MR) is 78.2 cm³/mol. The molecule has 0 atom stereocenters. The lowest BCUT2D eigenvalue weighted by Gasteiger charge is -2.07. The van der Waals surface area contributed by atoms with Gasteiger partial charge in [0.15, 0.2) is 0 Å². The standard InChI is InChI=1S/C14H14N2O5S/c1-21-12-2-4-13(5-3-12)22(19,20)16-9-11-8-10(14(17)18)6-7-15-11/h2-8,16H,9H2,1H3,(H,17,18). The summed E-state index contributed by atoms with van der Waals surface area (Å²) < 4.78 is 31.6. The summed E-state index contributed by atoms with van der Waals surface area (Å²) >= 11 is 0. The van der Waals surface area contributed by atoms with Crippen LogP contribution in [0.5, 0.6) is 5.75 Å². The summed E-state index contributed by atoms with van der Waals surface area (Å²) in [6, 6.07) is 8.57. The van der Waals surface area contributed by atoms with E-state index in [2.05, 4.69) is 9.71 Å². The first-order valence-corrected chi connectivity index (χ1v) is 7.72. The molecule has 0 aliphatic rings. The number of aromatic nitrogens is 1. The number of carboxylic acid groups (broad SMARTS) is 1. The second kappa shape index (κ2) is 6.54. The van der Waals surface area contributed by atoms with Crippen LogP contribution in [0.3, 0.4) is 0 Å². The van der Waals surface area contributed by atoms with E-state index in [4.69, 9.17) is 9.84 Å². The highest BCUT2D eigenvalue weighted by Crippen LogP contribution is 2.15. The van der Waals surface area contributed by atoms with Gasteiger partial charge in [-0.05, 0) is 36.4 Å². The van der Waals surface area contributed by atoms with Crippen LogP contribution in [0.4, 0.5) is 0 Å². The van der Waals surface area contributed by atoms with Gasteiger partial charge in [-0.15, -0.1) is 0 Å². The molecule has 116 valence electrons. The maximum Gasteiger partial charge on any atom is 0.335 e. The van der Waals surface area contributed by atoms with Gasteiger partial charge in [0.1, 0.15) is 5.75 Å². The van der Waals surface area contributed by atoms with Crippen molar-refractivity contribution >= 4 is 16.0 Å². The van der Waals surface area contributed by atoms with Gasteiger partial charge >= 0.3 is 5.97 Å². The van der Waals surface area contributed by atoms with Crippen LogP contribution in [-0.2, 0) is 16.6 Å². The number of ether oxygens (including phenoxy) is 1. The summed E-state index contributed by atoms with van der Waals surface area (Å²) in [4.78, 5) is 14.9. The van der Waals surface area contributed by atoms with Crippen LogP contribution in [0.2, 0.25) is 0 Å². The summed E-state index contributed by atoms with van der Waals surface area (Å²) in [6.07, 6.45) is 1.32. The zero-order valence-corrected chi connectivity index (χ0v) is 12.5. The Bertz CT molecular complexity index is 772. The highest BCUT2D eigenvalue weighted by atomic mass is 32.2. The van der Waals surface area contributed by atoms with Crippen molar-refractivity contribution in [3.05, 3.63) is 53.9 Å². The zero-order valence-electron chi connectivity index (χ0n) is 11.7. The number of hydrogen-bond acceptors (Lipinski definition) is 5. The number of sulfonamides is 1. The average Bonchev–Trinajstić information content (AvgIpc) is 2.53. The van der Waals surface area contributed by atoms with E-state index in [0.29, 0.717) is 11.4 Å². The lowest BCUT2D eigenvalue weighted by Crippen LogP contribution is -2.23. The number of aromatic carboxylic acids is 1. The molecule has 0 saturated heterocycles. The molecule has 0 radical (unpaired) electrons. The molecule has 1 aromatic carbocycles. The van der Waals surface area contributed by atoms with Gasteiger partial charge in [0.05, 0.1) is 29.8 Å². The van der Waals surface area contributed by atoms with E-state index in [-0.39, 0.29) is 17.0 Å². The van der Waals surface area contributed by atoms with Gasteiger partial charge in [-0.1, -0.05) is 0 Å². The van der Waals surface area contributed by atoms with Gasteiger partial charge in [0.25, 0.3) is 0 Å². The monoisotopic (exact) mass is 322 g/mol. The number of pyridine rings is 1.